The molecule has 1 aliphatic heterocycles. The number of para-hydroxylation sites is 1. The summed E-state index contributed by atoms with van der Waals surface area (Å²) in [7, 11) is 3.22. The van der Waals surface area contributed by atoms with Crippen LogP contribution in [-0.2, 0) is 9.53 Å². The van der Waals surface area contributed by atoms with Crippen LogP contribution in [-0.4, -0.2) is 50.8 Å². The lowest BCUT2D eigenvalue weighted by Gasteiger charge is -2.21. The van der Waals surface area contributed by atoms with Crippen molar-refractivity contribution in [3.8, 4) is 5.75 Å². The van der Waals surface area contributed by atoms with Gasteiger partial charge in [0.1, 0.15) is 11.8 Å². The first-order valence-electron chi connectivity index (χ1n) is 6.83. The molecule has 110 valence electrons. The number of nitrogens with zero attached hydrogens (tertiary/aromatic N) is 1. The Morgan fingerprint density at radius 2 is 2.20 bits per heavy atom. The second-order valence-electron chi connectivity index (χ2n) is 5.07. The van der Waals surface area contributed by atoms with E-state index in [1.807, 2.05) is 23.1 Å². The smallest absolute Gasteiger partial charge is 0.241 e. The van der Waals surface area contributed by atoms with Gasteiger partial charge in [-0.15, -0.1) is 0 Å². The lowest BCUT2D eigenvalue weighted by molar-refractivity contribution is -0.132. The van der Waals surface area contributed by atoms with Gasteiger partial charge in [-0.2, -0.15) is 0 Å². The van der Waals surface area contributed by atoms with Crippen LogP contribution in [0.25, 0.3) is 0 Å². The summed E-state index contributed by atoms with van der Waals surface area (Å²) in [5, 5.41) is 0. The van der Waals surface area contributed by atoms with Crippen molar-refractivity contribution in [2.24, 2.45) is 5.73 Å². The van der Waals surface area contributed by atoms with Gasteiger partial charge in [0.15, 0.2) is 0 Å². The fourth-order valence-electron chi connectivity index (χ4n) is 2.70. The fourth-order valence-corrected chi connectivity index (χ4v) is 2.70. The molecule has 1 aliphatic rings. The SMILES string of the molecule is COCC(N)C(=O)N1CCC(c2ccccc2OC)C1. The summed E-state index contributed by atoms with van der Waals surface area (Å²) in [5.74, 6) is 1.15. The van der Waals surface area contributed by atoms with Gasteiger partial charge in [-0.25, -0.2) is 0 Å². The van der Waals surface area contributed by atoms with Crippen molar-refractivity contribution < 1.29 is 14.3 Å². The average Bonchev–Trinajstić information content (AvgIpc) is 2.96. The second kappa shape index (κ2) is 6.72. The van der Waals surface area contributed by atoms with E-state index in [0.29, 0.717) is 12.5 Å². The standard InChI is InChI=1S/C15H22N2O3/c1-19-10-13(16)15(18)17-8-7-11(9-17)12-5-3-4-6-14(12)20-2/h3-6,11,13H,7-10,16H2,1-2H3. The number of rotatable bonds is 5. The van der Waals surface area contributed by atoms with E-state index >= 15 is 0 Å². The minimum Gasteiger partial charge on any atom is -0.496 e. The van der Waals surface area contributed by atoms with Crippen molar-refractivity contribution in [1.82, 2.24) is 4.90 Å². The van der Waals surface area contributed by atoms with Gasteiger partial charge >= 0.3 is 0 Å². The van der Waals surface area contributed by atoms with Gasteiger partial charge in [-0.3, -0.25) is 4.79 Å². The lowest BCUT2D eigenvalue weighted by Crippen LogP contribution is -2.45. The molecule has 2 rings (SSSR count). The Bertz CT molecular complexity index is 464. The van der Waals surface area contributed by atoms with E-state index in [4.69, 9.17) is 15.2 Å². The monoisotopic (exact) mass is 278 g/mol. The van der Waals surface area contributed by atoms with Crippen molar-refractivity contribution in [3.05, 3.63) is 29.8 Å². The number of benzene rings is 1. The largest absolute Gasteiger partial charge is 0.496 e. The predicted molar refractivity (Wildman–Crippen MR) is 76.8 cm³/mol. The third-order valence-electron chi connectivity index (χ3n) is 3.74. The predicted octanol–water partition coefficient (Wildman–Crippen LogP) is 0.985. The van der Waals surface area contributed by atoms with Crippen LogP contribution >= 0.6 is 0 Å². The van der Waals surface area contributed by atoms with E-state index in [2.05, 4.69) is 6.07 Å². The molecule has 1 amide bonds. The molecule has 1 fully saturated rings. The molecule has 0 aromatic heterocycles. The molecule has 1 aromatic carbocycles. The van der Waals surface area contributed by atoms with Gasteiger partial charge < -0.3 is 20.1 Å². The maximum absolute atomic E-state index is 12.2. The van der Waals surface area contributed by atoms with E-state index in [-0.39, 0.29) is 12.5 Å². The molecule has 0 bridgehead atoms. The van der Waals surface area contributed by atoms with Gasteiger partial charge in [0.2, 0.25) is 5.91 Å². The zero-order valence-electron chi connectivity index (χ0n) is 12.0. The maximum Gasteiger partial charge on any atom is 0.241 e. The molecule has 2 N–H and O–H groups in total. The Balaban J connectivity index is 2.03. The molecule has 2 atom stereocenters. The Morgan fingerprint density at radius 3 is 2.90 bits per heavy atom. The van der Waals surface area contributed by atoms with Crippen LogP contribution < -0.4 is 10.5 Å². The molecule has 0 radical (unpaired) electrons. The van der Waals surface area contributed by atoms with E-state index in [1.165, 1.54) is 0 Å². The zero-order chi connectivity index (χ0) is 14.5. The zero-order valence-corrected chi connectivity index (χ0v) is 12.0. The normalized spacial score (nSPS) is 19.9. The number of hydrogen-bond acceptors (Lipinski definition) is 4. The van der Waals surface area contributed by atoms with Gasteiger partial charge in [0.25, 0.3) is 0 Å². The molecule has 1 aromatic rings. The minimum atomic E-state index is -0.573. The summed E-state index contributed by atoms with van der Waals surface area (Å²) in [6.07, 6.45) is 0.936. The minimum absolute atomic E-state index is 0.0377. The third kappa shape index (κ3) is 3.11. The molecule has 0 spiro atoms. The number of methoxy groups -OCH3 is 2. The highest BCUT2D eigenvalue weighted by Gasteiger charge is 2.31. The maximum atomic E-state index is 12.2. The molecule has 5 heteroatoms. The van der Waals surface area contributed by atoms with Gasteiger partial charge in [0, 0.05) is 26.1 Å². The van der Waals surface area contributed by atoms with Crippen LogP contribution in [0.3, 0.4) is 0 Å². The van der Waals surface area contributed by atoms with Gasteiger partial charge in [0.05, 0.1) is 13.7 Å². The topological polar surface area (TPSA) is 64.8 Å². The summed E-state index contributed by atoms with van der Waals surface area (Å²) >= 11 is 0. The average molecular weight is 278 g/mol. The number of nitrogens with two attached hydrogens (primary N) is 1. The van der Waals surface area contributed by atoms with Crippen LogP contribution in [0.1, 0.15) is 17.9 Å². The Kier molecular flexibility index (Phi) is 4.98. The Morgan fingerprint density at radius 1 is 1.45 bits per heavy atom. The van der Waals surface area contributed by atoms with Gasteiger partial charge in [-0.1, -0.05) is 18.2 Å². The molecule has 20 heavy (non-hydrogen) atoms. The van der Waals surface area contributed by atoms with Crippen molar-refractivity contribution in [2.75, 3.05) is 33.9 Å². The highest BCUT2D eigenvalue weighted by molar-refractivity contribution is 5.82. The quantitative estimate of drug-likeness (QED) is 0.872. The number of hydrogen-bond donors (Lipinski definition) is 1. The highest BCUT2D eigenvalue weighted by atomic mass is 16.5. The first kappa shape index (κ1) is 14.8. The van der Waals surface area contributed by atoms with E-state index in [9.17, 15) is 4.79 Å². The van der Waals surface area contributed by atoms with Gasteiger partial charge in [-0.05, 0) is 18.1 Å². The molecule has 1 saturated heterocycles. The lowest BCUT2D eigenvalue weighted by atomic mass is 9.97. The molecule has 2 unspecified atom stereocenters. The third-order valence-corrected chi connectivity index (χ3v) is 3.74. The Labute approximate surface area is 119 Å². The summed E-state index contributed by atoms with van der Waals surface area (Å²) in [5.41, 5.74) is 6.96. The number of carbonyl (C=O) groups excluding carboxylic acids is 1. The van der Waals surface area contributed by atoms with Crippen LogP contribution in [0.2, 0.25) is 0 Å². The van der Waals surface area contributed by atoms with E-state index in [0.717, 1.165) is 24.3 Å². The number of likely N-dealkylation sites (tertiary alicyclic amines) is 1. The van der Waals surface area contributed by atoms with Crippen molar-refractivity contribution >= 4 is 5.91 Å². The van der Waals surface area contributed by atoms with E-state index < -0.39 is 6.04 Å². The molecular weight excluding hydrogens is 256 g/mol. The van der Waals surface area contributed by atoms with Crippen molar-refractivity contribution in [1.29, 1.82) is 0 Å². The van der Waals surface area contributed by atoms with Crippen molar-refractivity contribution in [2.45, 2.75) is 18.4 Å². The number of carbonyl (C=O) groups is 1. The molecular formula is C15H22N2O3. The molecule has 0 saturated carbocycles. The first-order chi connectivity index (χ1) is 9.67. The van der Waals surface area contributed by atoms with Crippen LogP contribution in [0, 0.1) is 0 Å². The molecule has 1 heterocycles. The second-order valence-corrected chi connectivity index (χ2v) is 5.07. The molecule has 5 nitrogen and oxygen atoms in total. The van der Waals surface area contributed by atoms with Crippen LogP contribution in [0.4, 0.5) is 0 Å². The summed E-state index contributed by atoms with van der Waals surface area (Å²) in [6.45, 7) is 1.68. The van der Waals surface area contributed by atoms with Crippen LogP contribution in [0.15, 0.2) is 24.3 Å². The summed E-state index contributed by atoms with van der Waals surface area (Å²) in [4.78, 5) is 14.0. The molecule has 0 aliphatic carbocycles. The van der Waals surface area contributed by atoms with Crippen molar-refractivity contribution in [3.63, 3.8) is 0 Å². The number of ether oxygens (including phenoxy) is 2. The summed E-state index contributed by atoms with van der Waals surface area (Å²) in [6, 6.07) is 7.40. The highest BCUT2D eigenvalue weighted by Crippen LogP contribution is 2.33. The fraction of sp³-hybridized carbons (Fsp3) is 0.533. The first-order valence-corrected chi connectivity index (χ1v) is 6.83. The van der Waals surface area contributed by atoms with Crippen LogP contribution in [0.5, 0.6) is 5.75 Å². The van der Waals surface area contributed by atoms with E-state index in [1.54, 1.807) is 14.2 Å². The Hall–Kier alpha value is -1.59. The number of amides is 1. The summed E-state index contributed by atoms with van der Waals surface area (Å²) < 4.78 is 10.3.